The second-order valence-corrected chi connectivity index (χ2v) is 6.66. The molecule has 0 aliphatic carbocycles. The third-order valence-electron chi connectivity index (χ3n) is 3.58. The van der Waals surface area contributed by atoms with Crippen molar-refractivity contribution in [3.8, 4) is 0 Å². The first-order valence-electron chi connectivity index (χ1n) is 7.90. The number of ether oxygens (including phenoxy) is 1. The van der Waals surface area contributed by atoms with Gasteiger partial charge in [0.2, 0.25) is 5.95 Å². The molecule has 1 fully saturated rings. The molecule has 0 aromatic carbocycles. The number of aromatic nitrogens is 2. The van der Waals surface area contributed by atoms with Crippen LogP contribution in [0.2, 0.25) is 0 Å². The molecule has 1 aliphatic rings. The fourth-order valence-corrected chi connectivity index (χ4v) is 2.46. The predicted octanol–water partition coefficient (Wildman–Crippen LogP) is 2.37. The predicted molar refractivity (Wildman–Crippen MR) is 85.5 cm³/mol. The molecule has 1 aromatic rings. The Morgan fingerprint density at radius 1 is 1.33 bits per heavy atom. The lowest BCUT2D eigenvalue weighted by atomic mass is 10.1. The number of nitrogens with one attached hydrogen (secondary N) is 1. The summed E-state index contributed by atoms with van der Waals surface area (Å²) in [5.74, 6) is 0.818. The quantitative estimate of drug-likeness (QED) is 0.903. The number of rotatable bonds is 5. The lowest BCUT2D eigenvalue weighted by molar-refractivity contribution is 0.0523. The minimum atomic E-state index is 0.107. The lowest BCUT2D eigenvalue weighted by Crippen LogP contribution is -2.40. The Labute approximate surface area is 128 Å². The maximum atomic E-state index is 5.73. The summed E-state index contributed by atoms with van der Waals surface area (Å²) in [6, 6.07) is 0. The van der Waals surface area contributed by atoms with Crippen LogP contribution >= 0.6 is 0 Å². The van der Waals surface area contributed by atoms with E-state index in [-0.39, 0.29) is 5.54 Å². The SMILES string of the molecule is CCOC1CCCN(c2ncc(CNC(C)(C)C)cn2)C1. The van der Waals surface area contributed by atoms with Crippen LogP contribution in [0.4, 0.5) is 5.95 Å². The van der Waals surface area contributed by atoms with E-state index >= 15 is 0 Å². The van der Waals surface area contributed by atoms with E-state index in [0.29, 0.717) is 6.10 Å². The van der Waals surface area contributed by atoms with Crippen LogP contribution in [0.1, 0.15) is 46.1 Å². The van der Waals surface area contributed by atoms with Gasteiger partial charge in [-0.15, -0.1) is 0 Å². The van der Waals surface area contributed by atoms with Crippen LogP contribution in [0.25, 0.3) is 0 Å². The fraction of sp³-hybridized carbons (Fsp3) is 0.750. The summed E-state index contributed by atoms with van der Waals surface area (Å²) in [6.07, 6.45) is 6.44. The monoisotopic (exact) mass is 292 g/mol. The molecule has 1 atom stereocenters. The van der Waals surface area contributed by atoms with Crippen LogP contribution in [0.5, 0.6) is 0 Å². The minimum absolute atomic E-state index is 0.107. The van der Waals surface area contributed by atoms with E-state index in [4.69, 9.17) is 4.74 Å². The van der Waals surface area contributed by atoms with Crippen LogP contribution in [-0.2, 0) is 11.3 Å². The highest BCUT2D eigenvalue weighted by atomic mass is 16.5. The van der Waals surface area contributed by atoms with Crippen molar-refractivity contribution < 1.29 is 4.74 Å². The zero-order valence-electron chi connectivity index (χ0n) is 13.7. The molecule has 0 saturated carbocycles. The highest BCUT2D eigenvalue weighted by Crippen LogP contribution is 2.17. The zero-order chi connectivity index (χ0) is 15.3. The summed E-state index contributed by atoms with van der Waals surface area (Å²) in [7, 11) is 0. The van der Waals surface area contributed by atoms with E-state index in [1.165, 1.54) is 0 Å². The summed E-state index contributed by atoms with van der Waals surface area (Å²) >= 11 is 0. The van der Waals surface area contributed by atoms with Gasteiger partial charge in [-0.1, -0.05) is 0 Å². The van der Waals surface area contributed by atoms with Crippen molar-refractivity contribution in [2.45, 2.75) is 58.7 Å². The topological polar surface area (TPSA) is 50.3 Å². The van der Waals surface area contributed by atoms with Gasteiger partial charge in [0.1, 0.15) is 0 Å². The van der Waals surface area contributed by atoms with Crippen molar-refractivity contribution in [3.05, 3.63) is 18.0 Å². The molecule has 2 rings (SSSR count). The van der Waals surface area contributed by atoms with Crippen molar-refractivity contribution >= 4 is 5.95 Å². The van der Waals surface area contributed by atoms with Gasteiger partial charge in [0.15, 0.2) is 0 Å². The summed E-state index contributed by atoms with van der Waals surface area (Å²) in [4.78, 5) is 11.3. The number of hydrogen-bond acceptors (Lipinski definition) is 5. The Hall–Kier alpha value is -1.20. The van der Waals surface area contributed by atoms with Crippen molar-refractivity contribution in [3.63, 3.8) is 0 Å². The first kappa shape index (κ1) is 16.2. The average Bonchev–Trinajstić information content (AvgIpc) is 2.46. The molecule has 21 heavy (non-hydrogen) atoms. The first-order valence-corrected chi connectivity index (χ1v) is 7.90. The summed E-state index contributed by atoms with van der Waals surface area (Å²) < 4.78 is 5.73. The van der Waals surface area contributed by atoms with Crippen LogP contribution in [0.15, 0.2) is 12.4 Å². The summed E-state index contributed by atoms with van der Waals surface area (Å²) in [6.45, 7) is 12.0. The van der Waals surface area contributed by atoms with E-state index in [9.17, 15) is 0 Å². The second kappa shape index (κ2) is 7.18. The Balaban J connectivity index is 1.92. The van der Waals surface area contributed by atoms with Gasteiger partial charge in [0, 0.05) is 49.7 Å². The fourth-order valence-electron chi connectivity index (χ4n) is 2.46. The highest BCUT2D eigenvalue weighted by Gasteiger charge is 2.21. The number of piperidine rings is 1. The van der Waals surface area contributed by atoms with Gasteiger partial charge >= 0.3 is 0 Å². The largest absolute Gasteiger partial charge is 0.377 e. The van der Waals surface area contributed by atoms with E-state index < -0.39 is 0 Å². The molecule has 1 aliphatic heterocycles. The van der Waals surface area contributed by atoms with Crippen LogP contribution in [-0.4, -0.2) is 41.3 Å². The van der Waals surface area contributed by atoms with Gasteiger partial charge in [-0.2, -0.15) is 0 Å². The second-order valence-electron chi connectivity index (χ2n) is 6.66. The normalized spacial score (nSPS) is 19.8. The summed E-state index contributed by atoms with van der Waals surface area (Å²) in [5, 5.41) is 3.45. The van der Waals surface area contributed by atoms with E-state index in [1.807, 2.05) is 19.3 Å². The molecule has 0 spiro atoms. The van der Waals surface area contributed by atoms with Crippen molar-refractivity contribution in [2.75, 3.05) is 24.6 Å². The molecular formula is C16H28N4O. The zero-order valence-corrected chi connectivity index (χ0v) is 13.7. The molecule has 118 valence electrons. The number of anilines is 1. The Bertz CT molecular complexity index is 425. The van der Waals surface area contributed by atoms with Gasteiger partial charge in [-0.3, -0.25) is 0 Å². The summed E-state index contributed by atoms with van der Waals surface area (Å²) in [5.41, 5.74) is 1.23. The van der Waals surface area contributed by atoms with Gasteiger partial charge in [-0.05, 0) is 40.5 Å². The first-order chi connectivity index (χ1) is 9.98. The Morgan fingerprint density at radius 2 is 2.05 bits per heavy atom. The average molecular weight is 292 g/mol. The van der Waals surface area contributed by atoms with Gasteiger partial charge in [0.25, 0.3) is 0 Å². The highest BCUT2D eigenvalue weighted by molar-refractivity contribution is 5.30. The smallest absolute Gasteiger partial charge is 0.225 e. The van der Waals surface area contributed by atoms with Crippen LogP contribution < -0.4 is 10.2 Å². The molecule has 0 radical (unpaired) electrons. The third-order valence-corrected chi connectivity index (χ3v) is 3.58. The molecule has 1 N–H and O–H groups in total. The lowest BCUT2D eigenvalue weighted by Gasteiger charge is -2.32. The minimum Gasteiger partial charge on any atom is -0.377 e. The van der Waals surface area contributed by atoms with Gasteiger partial charge in [0.05, 0.1) is 6.10 Å². The number of nitrogens with zero attached hydrogens (tertiary/aromatic N) is 3. The molecule has 0 amide bonds. The molecular weight excluding hydrogens is 264 g/mol. The third kappa shape index (κ3) is 5.25. The molecule has 5 nitrogen and oxygen atoms in total. The van der Waals surface area contributed by atoms with Gasteiger partial charge in [-0.25, -0.2) is 9.97 Å². The maximum Gasteiger partial charge on any atom is 0.225 e. The molecule has 1 saturated heterocycles. The standard InChI is InChI=1S/C16H28N4O/c1-5-21-14-7-6-8-20(12-14)15-17-9-13(10-18-15)11-19-16(2,3)4/h9-10,14,19H,5-8,11-12H2,1-4H3. The van der Waals surface area contributed by atoms with Crippen molar-refractivity contribution in [1.82, 2.24) is 15.3 Å². The molecule has 5 heteroatoms. The Morgan fingerprint density at radius 3 is 2.67 bits per heavy atom. The van der Waals surface area contributed by atoms with Crippen molar-refractivity contribution in [1.29, 1.82) is 0 Å². The van der Waals surface area contributed by atoms with E-state index in [2.05, 4.69) is 41.0 Å². The van der Waals surface area contributed by atoms with Crippen LogP contribution in [0.3, 0.4) is 0 Å². The number of hydrogen-bond donors (Lipinski definition) is 1. The molecule has 0 bridgehead atoms. The Kier molecular flexibility index (Phi) is 5.53. The molecule has 2 heterocycles. The maximum absolute atomic E-state index is 5.73. The van der Waals surface area contributed by atoms with Crippen LogP contribution in [0, 0.1) is 0 Å². The van der Waals surface area contributed by atoms with Gasteiger partial charge < -0.3 is 15.0 Å². The van der Waals surface area contributed by atoms with Crippen molar-refractivity contribution in [2.24, 2.45) is 0 Å². The molecule has 1 aromatic heterocycles. The molecule has 1 unspecified atom stereocenters. The van der Waals surface area contributed by atoms with E-state index in [1.54, 1.807) is 0 Å². The van der Waals surface area contributed by atoms with E-state index in [0.717, 1.165) is 50.6 Å².